The van der Waals surface area contributed by atoms with Crippen molar-refractivity contribution in [3.63, 3.8) is 0 Å². The molecule has 210 valence electrons. The molecule has 3 saturated heterocycles. The van der Waals surface area contributed by atoms with Gasteiger partial charge >= 0.3 is 0 Å². The van der Waals surface area contributed by atoms with Crippen molar-refractivity contribution in [1.29, 1.82) is 0 Å². The lowest BCUT2D eigenvalue weighted by molar-refractivity contribution is -0.380. The van der Waals surface area contributed by atoms with Crippen molar-refractivity contribution in [2.24, 2.45) is 0 Å². The van der Waals surface area contributed by atoms with Crippen molar-refractivity contribution in [2.75, 3.05) is 13.2 Å². The minimum atomic E-state index is -1.83. The van der Waals surface area contributed by atoms with Crippen LogP contribution in [0.3, 0.4) is 0 Å². The van der Waals surface area contributed by atoms with Crippen LogP contribution < -0.4 is 5.32 Å². The first-order chi connectivity index (χ1) is 16.9. The molecule has 3 rings (SSSR count). The molecule has 16 nitrogen and oxygen atoms in total. The van der Waals surface area contributed by atoms with Gasteiger partial charge < -0.3 is 75.0 Å². The molecule has 10 N–H and O–H groups in total. The van der Waals surface area contributed by atoms with Crippen molar-refractivity contribution >= 4 is 5.91 Å². The fourth-order valence-electron chi connectivity index (χ4n) is 4.38. The van der Waals surface area contributed by atoms with E-state index in [9.17, 15) is 50.8 Å². The molecule has 0 unspecified atom stereocenters. The Morgan fingerprint density at radius 1 is 0.722 bits per heavy atom. The summed E-state index contributed by atoms with van der Waals surface area (Å²) in [6.07, 6.45) is -22.2. The average Bonchev–Trinajstić information content (AvgIpc) is 2.83. The molecule has 1 amide bonds. The summed E-state index contributed by atoms with van der Waals surface area (Å²) in [7, 11) is 0. The fraction of sp³-hybridized carbons (Fsp3) is 0.950. The predicted octanol–water partition coefficient (Wildman–Crippen LogP) is -6.40. The van der Waals surface area contributed by atoms with Gasteiger partial charge in [-0.1, -0.05) is 0 Å². The van der Waals surface area contributed by atoms with Gasteiger partial charge in [-0.2, -0.15) is 0 Å². The molecule has 0 saturated carbocycles. The Morgan fingerprint density at radius 3 is 1.89 bits per heavy atom. The second kappa shape index (κ2) is 12.2. The lowest BCUT2D eigenvalue weighted by Gasteiger charge is -2.48. The van der Waals surface area contributed by atoms with Crippen LogP contribution in [0.2, 0.25) is 0 Å². The third-order valence-electron chi connectivity index (χ3n) is 6.46. The highest BCUT2D eigenvalue weighted by atomic mass is 16.8. The summed E-state index contributed by atoms with van der Waals surface area (Å²) in [6, 6.07) is -1.39. The molecule has 3 heterocycles. The van der Waals surface area contributed by atoms with Crippen LogP contribution in [-0.4, -0.2) is 157 Å². The second-order valence-electron chi connectivity index (χ2n) is 9.05. The van der Waals surface area contributed by atoms with E-state index in [0.717, 1.165) is 6.92 Å². The Balaban J connectivity index is 1.89. The largest absolute Gasteiger partial charge is 0.394 e. The summed E-state index contributed by atoms with van der Waals surface area (Å²) in [4.78, 5) is 11.7. The quantitative estimate of drug-likeness (QED) is 0.147. The van der Waals surface area contributed by atoms with Crippen molar-refractivity contribution in [2.45, 2.75) is 106 Å². The van der Waals surface area contributed by atoms with Crippen molar-refractivity contribution in [3.05, 3.63) is 0 Å². The van der Waals surface area contributed by atoms with Crippen LogP contribution in [0, 0.1) is 0 Å². The topological polar surface area (TPSA) is 257 Å². The number of aliphatic hydroxyl groups excluding tert-OH is 9. The number of hydrogen-bond acceptors (Lipinski definition) is 15. The van der Waals surface area contributed by atoms with E-state index in [2.05, 4.69) is 5.32 Å². The van der Waals surface area contributed by atoms with Crippen LogP contribution in [0.15, 0.2) is 0 Å². The van der Waals surface area contributed by atoms with Gasteiger partial charge in [0.1, 0.15) is 67.1 Å². The summed E-state index contributed by atoms with van der Waals surface area (Å²) in [5.74, 6) is -0.632. The minimum absolute atomic E-state index is 0.632. The van der Waals surface area contributed by atoms with Gasteiger partial charge in [0.2, 0.25) is 5.91 Å². The zero-order chi connectivity index (χ0) is 26.9. The van der Waals surface area contributed by atoms with Crippen LogP contribution in [-0.2, 0) is 28.5 Å². The number of amides is 1. The van der Waals surface area contributed by atoms with E-state index in [0.29, 0.717) is 0 Å². The molecular weight excluding hydrogens is 494 g/mol. The van der Waals surface area contributed by atoms with Crippen molar-refractivity contribution < 1.29 is 74.4 Å². The van der Waals surface area contributed by atoms with E-state index >= 15 is 0 Å². The number of rotatable bonds is 7. The van der Waals surface area contributed by atoms with E-state index in [1.54, 1.807) is 0 Å². The van der Waals surface area contributed by atoms with Crippen LogP contribution in [0.25, 0.3) is 0 Å². The predicted molar refractivity (Wildman–Crippen MR) is 111 cm³/mol. The van der Waals surface area contributed by atoms with Crippen LogP contribution in [0.5, 0.6) is 0 Å². The molecule has 3 aliphatic rings. The minimum Gasteiger partial charge on any atom is -0.394 e. The van der Waals surface area contributed by atoms with E-state index in [4.69, 9.17) is 23.7 Å². The molecule has 0 aromatic heterocycles. The molecule has 0 bridgehead atoms. The second-order valence-corrected chi connectivity index (χ2v) is 9.05. The molecule has 0 aromatic rings. The number of aliphatic hydroxyl groups is 9. The Morgan fingerprint density at radius 2 is 1.31 bits per heavy atom. The molecular formula is C20H35NO15. The first kappa shape index (κ1) is 29.5. The average molecular weight is 529 g/mol. The molecule has 3 fully saturated rings. The van der Waals surface area contributed by atoms with E-state index in [1.807, 2.05) is 0 Å². The first-order valence-corrected chi connectivity index (χ1v) is 11.4. The number of hydrogen-bond donors (Lipinski definition) is 10. The summed E-state index contributed by atoms with van der Waals surface area (Å²) in [5.41, 5.74) is 0. The fourth-order valence-corrected chi connectivity index (χ4v) is 4.38. The first-order valence-electron chi connectivity index (χ1n) is 11.4. The van der Waals surface area contributed by atoms with Gasteiger partial charge in [-0.3, -0.25) is 4.79 Å². The number of nitrogens with one attached hydrogen (secondary N) is 1. The van der Waals surface area contributed by atoms with Gasteiger partial charge in [0, 0.05) is 6.92 Å². The van der Waals surface area contributed by atoms with Gasteiger partial charge in [-0.05, 0) is 6.92 Å². The number of ether oxygens (including phenoxy) is 5. The van der Waals surface area contributed by atoms with Crippen molar-refractivity contribution in [3.8, 4) is 0 Å². The maximum Gasteiger partial charge on any atom is 0.217 e. The monoisotopic (exact) mass is 529 g/mol. The summed E-state index contributed by atoms with van der Waals surface area (Å²) in [6.45, 7) is 1.00. The Bertz CT molecular complexity index is 731. The van der Waals surface area contributed by atoms with Gasteiger partial charge in [0.05, 0.1) is 19.3 Å². The summed E-state index contributed by atoms with van der Waals surface area (Å²) in [5, 5.41) is 93.8. The third kappa shape index (κ3) is 5.97. The highest BCUT2D eigenvalue weighted by Gasteiger charge is 2.53. The SMILES string of the molecule is CC(=O)N[C@@H]1[C@@H](O[C@H]2O[C@@H](CO)[C@@H](O)[C@@H](O)[C@@H]2O[C@@H]2O[C@@H](C)[C@@H](O)[C@@H](O)[C@@H]2O)[C@H](O)[C@@H](CO)O[C@H]1O. The maximum atomic E-state index is 11.7. The maximum absolute atomic E-state index is 11.7. The Labute approximate surface area is 205 Å². The van der Waals surface area contributed by atoms with Gasteiger partial charge in [-0.15, -0.1) is 0 Å². The highest BCUT2D eigenvalue weighted by Crippen LogP contribution is 2.32. The molecule has 36 heavy (non-hydrogen) atoms. The zero-order valence-electron chi connectivity index (χ0n) is 19.5. The lowest BCUT2D eigenvalue weighted by atomic mass is 9.95. The molecule has 0 radical (unpaired) electrons. The molecule has 0 aromatic carbocycles. The lowest BCUT2D eigenvalue weighted by Crippen LogP contribution is -2.68. The van der Waals surface area contributed by atoms with Gasteiger partial charge in [0.25, 0.3) is 0 Å². The summed E-state index contributed by atoms with van der Waals surface area (Å²) >= 11 is 0. The molecule has 15 atom stereocenters. The number of carbonyl (C=O) groups excluding carboxylic acids is 1. The van der Waals surface area contributed by atoms with E-state index in [1.165, 1.54) is 6.92 Å². The normalized spacial score (nSPS) is 50.0. The third-order valence-corrected chi connectivity index (χ3v) is 6.46. The van der Waals surface area contributed by atoms with E-state index < -0.39 is 111 Å². The van der Waals surface area contributed by atoms with Crippen LogP contribution in [0.4, 0.5) is 0 Å². The highest BCUT2D eigenvalue weighted by molar-refractivity contribution is 5.73. The molecule has 16 heteroatoms. The van der Waals surface area contributed by atoms with Gasteiger partial charge in [0.15, 0.2) is 18.9 Å². The number of carbonyl (C=O) groups is 1. The Hall–Kier alpha value is -1.09. The standard InChI is InChI=1S/C20H35NO15/c1-5-10(25)13(28)15(30)19(32-5)36-17-14(29)11(26)7(3-22)34-20(17)35-16-9(21-6(2)24)18(31)33-8(4-23)12(16)27/h5,7-20,22-23,25-31H,3-4H2,1-2H3,(H,21,24)/t5-,7-,8+,9+,10+,11+,12+,13+,14+,15-,16+,17-,18+,19-,20+/m0/s1. The Kier molecular flexibility index (Phi) is 9.97. The molecule has 0 spiro atoms. The van der Waals surface area contributed by atoms with E-state index in [-0.39, 0.29) is 0 Å². The van der Waals surface area contributed by atoms with Crippen LogP contribution >= 0.6 is 0 Å². The van der Waals surface area contributed by atoms with Gasteiger partial charge in [-0.25, -0.2) is 0 Å². The zero-order valence-corrected chi connectivity index (χ0v) is 19.5. The smallest absolute Gasteiger partial charge is 0.217 e. The molecule has 3 aliphatic heterocycles. The molecule has 0 aliphatic carbocycles. The van der Waals surface area contributed by atoms with Crippen LogP contribution in [0.1, 0.15) is 13.8 Å². The van der Waals surface area contributed by atoms with Crippen molar-refractivity contribution in [1.82, 2.24) is 5.32 Å². The summed E-state index contributed by atoms with van der Waals surface area (Å²) < 4.78 is 27.4.